The third-order valence-electron chi connectivity index (χ3n) is 3.34. The highest BCUT2D eigenvalue weighted by molar-refractivity contribution is 7.89. The summed E-state index contributed by atoms with van der Waals surface area (Å²) < 4.78 is 22.5. The summed E-state index contributed by atoms with van der Waals surface area (Å²) in [7, 11) is -3.76. The Balaban J connectivity index is 2.18. The van der Waals surface area contributed by atoms with Gasteiger partial charge in [0.25, 0.3) is 0 Å². The number of carbonyl (C=O) groups is 1. The molecule has 6 nitrogen and oxygen atoms in total. The topological polar surface area (TPSA) is 101 Å². The van der Waals surface area contributed by atoms with Crippen molar-refractivity contribution in [3.63, 3.8) is 0 Å². The molecule has 19 heavy (non-hydrogen) atoms. The standard InChI is InChI=1S/C12H17N3O3S/c1-12(5-6-14-8-12)11(16)15-9-3-2-4-10(7-9)19(13,17)18/h2-4,7,14H,5-6,8H2,1H3,(H,15,16)(H2,13,17,18). The Morgan fingerprint density at radius 2 is 2.21 bits per heavy atom. The summed E-state index contributed by atoms with van der Waals surface area (Å²) >= 11 is 0. The number of amides is 1. The van der Waals surface area contributed by atoms with E-state index in [1.165, 1.54) is 12.1 Å². The molecule has 1 saturated heterocycles. The predicted octanol–water partition coefficient (Wildman–Crippen LogP) is 0.272. The number of nitrogens with two attached hydrogens (primary N) is 1. The highest BCUT2D eigenvalue weighted by Crippen LogP contribution is 2.26. The SMILES string of the molecule is CC1(C(=O)Nc2cccc(S(N)(=O)=O)c2)CCNC1. The lowest BCUT2D eigenvalue weighted by Gasteiger charge is -2.21. The smallest absolute Gasteiger partial charge is 0.238 e. The Hall–Kier alpha value is -1.44. The van der Waals surface area contributed by atoms with E-state index in [0.29, 0.717) is 12.2 Å². The maximum atomic E-state index is 12.2. The third-order valence-corrected chi connectivity index (χ3v) is 4.25. The molecular formula is C12H17N3O3S. The van der Waals surface area contributed by atoms with Crippen LogP contribution in [0.25, 0.3) is 0 Å². The summed E-state index contributed by atoms with van der Waals surface area (Å²) in [5.74, 6) is -0.121. The van der Waals surface area contributed by atoms with Crippen LogP contribution in [0.15, 0.2) is 29.2 Å². The highest BCUT2D eigenvalue weighted by Gasteiger charge is 2.36. The lowest BCUT2D eigenvalue weighted by atomic mass is 9.89. The van der Waals surface area contributed by atoms with Gasteiger partial charge in [-0.15, -0.1) is 0 Å². The maximum Gasteiger partial charge on any atom is 0.238 e. The fourth-order valence-electron chi connectivity index (χ4n) is 2.04. The van der Waals surface area contributed by atoms with Crippen molar-refractivity contribution in [2.75, 3.05) is 18.4 Å². The first-order chi connectivity index (χ1) is 8.81. The number of sulfonamides is 1. The Kier molecular flexibility index (Phi) is 3.62. The van der Waals surface area contributed by atoms with Gasteiger partial charge < -0.3 is 10.6 Å². The number of hydrogen-bond acceptors (Lipinski definition) is 4. The van der Waals surface area contributed by atoms with E-state index in [9.17, 15) is 13.2 Å². The van der Waals surface area contributed by atoms with Crippen molar-refractivity contribution in [3.8, 4) is 0 Å². The van der Waals surface area contributed by atoms with E-state index < -0.39 is 15.4 Å². The number of carbonyl (C=O) groups excluding carboxylic acids is 1. The van der Waals surface area contributed by atoms with Gasteiger partial charge in [0.05, 0.1) is 10.3 Å². The van der Waals surface area contributed by atoms with E-state index in [2.05, 4.69) is 10.6 Å². The second-order valence-corrected chi connectivity index (χ2v) is 6.58. The Labute approximate surface area is 112 Å². The molecule has 1 atom stereocenters. The van der Waals surface area contributed by atoms with Crippen LogP contribution in [0.2, 0.25) is 0 Å². The molecule has 0 saturated carbocycles. The highest BCUT2D eigenvalue weighted by atomic mass is 32.2. The van der Waals surface area contributed by atoms with Crippen molar-refractivity contribution >= 4 is 21.6 Å². The molecule has 2 rings (SSSR count). The average molecular weight is 283 g/mol. The average Bonchev–Trinajstić information content (AvgIpc) is 2.77. The second-order valence-electron chi connectivity index (χ2n) is 5.01. The zero-order valence-corrected chi connectivity index (χ0v) is 11.5. The molecule has 1 heterocycles. The number of anilines is 1. The molecule has 7 heteroatoms. The molecule has 0 bridgehead atoms. The molecule has 0 spiro atoms. The molecular weight excluding hydrogens is 266 g/mol. The molecule has 1 unspecified atom stereocenters. The number of hydrogen-bond donors (Lipinski definition) is 3. The zero-order valence-electron chi connectivity index (χ0n) is 10.6. The Bertz CT molecular complexity index is 592. The molecule has 1 aliphatic heterocycles. The van der Waals surface area contributed by atoms with Crippen molar-refractivity contribution in [1.82, 2.24) is 5.32 Å². The van der Waals surface area contributed by atoms with Crippen LogP contribution in [0.3, 0.4) is 0 Å². The number of rotatable bonds is 3. The van der Waals surface area contributed by atoms with Gasteiger partial charge in [0.2, 0.25) is 15.9 Å². The fraction of sp³-hybridized carbons (Fsp3) is 0.417. The van der Waals surface area contributed by atoms with Crippen molar-refractivity contribution in [1.29, 1.82) is 0 Å². The summed E-state index contributed by atoms with van der Waals surface area (Å²) in [6.45, 7) is 3.31. The Morgan fingerprint density at radius 1 is 1.47 bits per heavy atom. The monoisotopic (exact) mass is 283 g/mol. The molecule has 0 aliphatic carbocycles. The fourth-order valence-corrected chi connectivity index (χ4v) is 2.60. The summed E-state index contributed by atoms with van der Waals surface area (Å²) in [4.78, 5) is 12.2. The molecule has 0 radical (unpaired) electrons. The zero-order chi connectivity index (χ0) is 14.1. The minimum Gasteiger partial charge on any atom is -0.326 e. The second kappa shape index (κ2) is 4.92. The minimum absolute atomic E-state index is 0.0139. The third kappa shape index (κ3) is 3.12. The lowest BCUT2D eigenvalue weighted by molar-refractivity contribution is -0.123. The van der Waals surface area contributed by atoms with Crippen LogP contribution in [0.1, 0.15) is 13.3 Å². The van der Waals surface area contributed by atoms with Crippen LogP contribution in [-0.4, -0.2) is 27.4 Å². The van der Waals surface area contributed by atoms with E-state index in [1.807, 2.05) is 6.92 Å². The Morgan fingerprint density at radius 3 is 2.79 bits per heavy atom. The first-order valence-electron chi connectivity index (χ1n) is 5.96. The molecule has 104 valence electrons. The summed E-state index contributed by atoms with van der Waals surface area (Å²) in [6.07, 6.45) is 0.758. The summed E-state index contributed by atoms with van der Waals surface area (Å²) in [5.41, 5.74) is -0.0259. The van der Waals surface area contributed by atoms with Crippen LogP contribution < -0.4 is 15.8 Å². The first kappa shape index (κ1) is 14.0. The predicted molar refractivity (Wildman–Crippen MR) is 72.0 cm³/mol. The number of nitrogens with one attached hydrogen (secondary N) is 2. The van der Waals surface area contributed by atoms with Crippen LogP contribution >= 0.6 is 0 Å². The van der Waals surface area contributed by atoms with Gasteiger partial charge in [-0.25, -0.2) is 13.6 Å². The first-order valence-corrected chi connectivity index (χ1v) is 7.51. The maximum absolute atomic E-state index is 12.2. The minimum atomic E-state index is -3.76. The number of benzene rings is 1. The van der Waals surface area contributed by atoms with Crippen LogP contribution in [-0.2, 0) is 14.8 Å². The van der Waals surface area contributed by atoms with Crippen LogP contribution in [0.5, 0.6) is 0 Å². The van der Waals surface area contributed by atoms with E-state index in [-0.39, 0.29) is 10.8 Å². The summed E-state index contributed by atoms with van der Waals surface area (Å²) in [5, 5.41) is 10.9. The summed E-state index contributed by atoms with van der Waals surface area (Å²) in [6, 6.07) is 5.94. The van der Waals surface area contributed by atoms with Gasteiger partial charge in [-0.3, -0.25) is 4.79 Å². The largest absolute Gasteiger partial charge is 0.326 e. The molecule has 4 N–H and O–H groups in total. The molecule has 1 aromatic rings. The van der Waals surface area contributed by atoms with Crippen LogP contribution in [0, 0.1) is 5.41 Å². The van der Waals surface area contributed by atoms with Gasteiger partial charge in [-0.2, -0.15) is 0 Å². The van der Waals surface area contributed by atoms with E-state index in [0.717, 1.165) is 13.0 Å². The molecule has 1 amide bonds. The molecule has 1 fully saturated rings. The van der Waals surface area contributed by atoms with Crippen LogP contribution in [0.4, 0.5) is 5.69 Å². The van der Waals surface area contributed by atoms with Crippen molar-refractivity contribution < 1.29 is 13.2 Å². The van der Waals surface area contributed by atoms with E-state index >= 15 is 0 Å². The van der Waals surface area contributed by atoms with E-state index in [1.54, 1.807) is 12.1 Å². The lowest BCUT2D eigenvalue weighted by Crippen LogP contribution is -2.35. The molecule has 1 aliphatic rings. The van der Waals surface area contributed by atoms with Gasteiger partial charge in [-0.05, 0) is 38.1 Å². The van der Waals surface area contributed by atoms with Gasteiger partial charge in [0, 0.05) is 12.2 Å². The van der Waals surface area contributed by atoms with E-state index in [4.69, 9.17) is 5.14 Å². The van der Waals surface area contributed by atoms with Gasteiger partial charge in [0.1, 0.15) is 0 Å². The van der Waals surface area contributed by atoms with Crippen molar-refractivity contribution in [3.05, 3.63) is 24.3 Å². The van der Waals surface area contributed by atoms with Gasteiger partial charge in [0.15, 0.2) is 0 Å². The van der Waals surface area contributed by atoms with Crippen molar-refractivity contribution in [2.45, 2.75) is 18.2 Å². The van der Waals surface area contributed by atoms with Gasteiger partial charge >= 0.3 is 0 Å². The quantitative estimate of drug-likeness (QED) is 0.741. The van der Waals surface area contributed by atoms with Gasteiger partial charge in [-0.1, -0.05) is 6.07 Å². The normalized spacial score (nSPS) is 23.3. The molecule has 0 aromatic heterocycles. The van der Waals surface area contributed by atoms with Crippen molar-refractivity contribution in [2.24, 2.45) is 10.6 Å². The number of primary sulfonamides is 1. The molecule has 1 aromatic carbocycles.